The zero-order chi connectivity index (χ0) is 24.1. The van der Waals surface area contributed by atoms with Crippen molar-refractivity contribution in [1.82, 2.24) is 4.98 Å². The van der Waals surface area contributed by atoms with Crippen molar-refractivity contribution in [1.29, 1.82) is 0 Å². The largest absolute Gasteiger partial charge is 0.768 e. The average molecular weight is 457 g/mol. The number of nitrogens with two attached hydrogens (primary N) is 3. The molecule has 0 saturated carbocycles. The molecule has 7 N–H and O–H groups in total. The molecule has 0 aliphatic carbocycles. The molecule has 8 nitrogen and oxygen atoms in total. The Hall–Kier alpha value is -3.27. The predicted molar refractivity (Wildman–Crippen MR) is 129 cm³/mol. The van der Waals surface area contributed by atoms with Gasteiger partial charge in [-0.15, -0.1) is 0 Å². The highest BCUT2D eigenvalue weighted by Crippen LogP contribution is 2.26. The van der Waals surface area contributed by atoms with Crippen molar-refractivity contribution in [3.63, 3.8) is 0 Å². The van der Waals surface area contributed by atoms with Crippen molar-refractivity contribution in [3.05, 3.63) is 77.1 Å². The molecule has 1 unspecified atom stereocenters. The molecule has 3 aromatic rings. The van der Waals surface area contributed by atoms with Crippen molar-refractivity contribution in [2.45, 2.75) is 32.1 Å². The molecule has 0 aliphatic heterocycles. The number of pyridine rings is 1. The van der Waals surface area contributed by atoms with Gasteiger partial charge in [0.05, 0.1) is 17.1 Å². The van der Waals surface area contributed by atoms with Crippen LogP contribution in [0.5, 0.6) is 0 Å². The van der Waals surface area contributed by atoms with E-state index in [2.05, 4.69) is 28.2 Å². The van der Waals surface area contributed by atoms with E-state index in [4.69, 9.17) is 16.3 Å². The van der Waals surface area contributed by atoms with E-state index in [0.29, 0.717) is 17.1 Å². The summed E-state index contributed by atoms with van der Waals surface area (Å²) >= 11 is -2.09. The Morgan fingerprint density at radius 3 is 2.12 bits per heavy atom. The van der Waals surface area contributed by atoms with Crippen molar-refractivity contribution in [2.75, 3.05) is 17.6 Å². The summed E-state index contributed by atoms with van der Waals surface area (Å²) in [6.45, 7) is 6.46. The molecule has 2 aromatic carbocycles. The molecule has 3 rings (SSSR count). The minimum atomic E-state index is -2.09. The van der Waals surface area contributed by atoms with E-state index in [-0.39, 0.29) is 6.41 Å². The molecule has 32 heavy (non-hydrogen) atoms. The molecule has 0 radical (unpaired) electrons. The van der Waals surface area contributed by atoms with Gasteiger partial charge < -0.3 is 27.1 Å². The summed E-state index contributed by atoms with van der Waals surface area (Å²) in [6.07, 6.45) is 1.15. The molecule has 1 heterocycles. The first-order valence-electron chi connectivity index (χ1n) is 9.82. The Balaban J connectivity index is 0.000000330. The maximum absolute atomic E-state index is 10.3. The van der Waals surface area contributed by atoms with Crippen LogP contribution in [0.25, 0.3) is 0 Å². The van der Waals surface area contributed by atoms with Crippen LogP contribution >= 0.6 is 0 Å². The van der Waals surface area contributed by atoms with Crippen LogP contribution in [0.3, 0.4) is 0 Å². The number of aromatic nitrogens is 1. The number of carbonyl (C=O) groups is 1. The fraction of sp³-hybridized carbons (Fsp3) is 0.217. The first kappa shape index (κ1) is 26.8. The summed E-state index contributed by atoms with van der Waals surface area (Å²) in [4.78, 5) is 13.3. The maximum Gasteiger partial charge on any atom is 0.204 e. The number of aryl methyl sites for hydroxylation is 3. The smallest absolute Gasteiger partial charge is 0.204 e. The van der Waals surface area contributed by atoms with Crippen LogP contribution in [0.4, 0.5) is 17.1 Å². The summed E-state index contributed by atoms with van der Waals surface area (Å²) in [7, 11) is 0. The number of nitrogens with zero attached hydrogens (tertiary/aromatic N) is 1. The number of benzene rings is 2. The number of nitrogens with one attached hydrogen (secondary N) is 1. The Labute approximate surface area is 191 Å². The summed E-state index contributed by atoms with van der Waals surface area (Å²) in [5.74, 6) is 0. The average Bonchev–Trinajstić information content (AvgIpc) is 2.74. The van der Waals surface area contributed by atoms with Gasteiger partial charge in [-0.05, 0) is 80.7 Å². The first-order valence-corrected chi connectivity index (χ1v) is 10.9. The number of primary amides is 1. The molecule has 1 aromatic heterocycles. The standard InChI is InChI=1S/C15H20N4.C7H8O2S.CH3NO/c1-10-9-14(15(17)11(2)18-10)19-13-5-3-12(4-6-13)7-8-16;1-6-2-4-7(5-3-6)10(8)9;2-1-3/h3-6,9H,7-8,16-17H2,1-2H3,(H,18,19);2-5H,1H3,(H,8,9);1H,(H2,2,3)/p-1. The molecule has 0 fully saturated rings. The fourth-order valence-electron chi connectivity index (χ4n) is 2.67. The summed E-state index contributed by atoms with van der Waals surface area (Å²) in [5.41, 5.74) is 22.4. The number of hydrogen-bond acceptors (Lipinski definition) is 7. The third-order valence-corrected chi connectivity index (χ3v) is 4.91. The number of amides is 1. The van der Waals surface area contributed by atoms with Gasteiger partial charge in [0.2, 0.25) is 6.41 Å². The highest BCUT2D eigenvalue weighted by atomic mass is 32.2. The lowest BCUT2D eigenvalue weighted by Crippen LogP contribution is -2.03. The monoisotopic (exact) mass is 456 g/mol. The van der Waals surface area contributed by atoms with Gasteiger partial charge in [-0.25, -0.2) is 0 Å². The SMILES string of the molecule is Cc1cc(Nc2ccc(CCN)cc2)c(N)c(C)n1.Cc1ccc(S(=O)[O-])cc1.NC=O. The van der Waals surface area contributed by atoms with E-state index in [1.807, 2.05) is 39.0 Å². The minimum Gasteiger partial charge on any atom is -0.768 e. The fourth-order valence-corrected chi connectivity index (χ4v) is 3.03. The highest BCUT2D eigenvalue weighted by Gasteiger charge is 2.05. The molecule has 0 spiro atoms. The maximum atomic E-state index is 10.3. The zero-order valence-corrected chi connectivity index (χ0v) is 19.3. The summed E-state index contributed by atoms with van der Waals surface area (Å²) in [5, 5.41) is 3.33. The molecular formula is C23H30N5O3S-. The lowest BCUT2D eigenvalue weighted by molar-refractivity contribution is -0.106. The van der Waals surface area contributed by atoms with Crippen LogP contribution in [-0.2, 0) is 22.3 Å². The van der Waals surface area contributed by atoms with Crippen LogP contribution in [0, 0.1) is 20.8 Å². The number of carbonyl (C=O) groups excluding carboxylic acids is 1. The molecule has 172 valence electrons. The Morgan fingerprint density at radius 2 is 1.62 bits per heavy atom. The van der Waals surface area contributed by atoms with E-state index in [1.54, 1.807) is 24.3 Å². The van der Waals surface area contributed by atoms with Gasteiger partial charge in [-0.3, -0.25) is 14.0 Å². The lowest BCUT2D eigenvalue weighted by atomic mass is 10.1. The quantitative estimate of drug-likeness (QED) is 0.339. The Kier molecular flexibility index (Phi) is 11.6. The molecule has 0 saturated heterocycles. The van der Waals surface area contributed by atoms with E-state index < -0.39 is 11.1 Å². The van der Waals surface area contributed by atoms with Crippen LogP contribution in [-0.4, -0.2) is 26.7 Å². The van der Waals surface area contributed by atoms with Crippen LogP contribution in [0.1, 0.15) is 22.5 Å². The third-order valence-electron chi connectivity index (χ3n) is 4.26. The summed E-state index contributed by atoms with van der Waals surface area (Å²) in [6, 6.07) is 16.9. The minimum absolute atomic E-state index is 0.250. The molecule has 9 heteroatoms. The molecule has 0 aliphatic rings. The van der Waals surface area contributed by atoms with Crippen LogP contribution in [0.2, 0.25) is 0 Å². The van der Waals surface area contributed by atoms with Crippen molar-refractivity contribution >= 4 is 34.6 Å². The normalized spacial score (nSPS) is 10.7. The number of hydrogen-bond donors (Lipinski definition) is 4. The van der Waals surface area contributed by atoms with Gasteiger partial charge in [-0.2, -0.15) is 0 Å². The second-order valence-electron chi connectivity index (χ2n) is 6.85. The Bertz CT molecular complexity index is 1010. The highest BCUT2D eigenvalue weighted by molar-refractivity contribution is 7.79. The second kappa shape index (κ2) is 13.9. The van der Waals surface area contributed by atoms with Crippen LogP contribution in [0.15, 0.2) is 59.5 Å². The van der Waals surface area contributed by atoms with Gasteiger partial charge in [0, 0.05) is 16.3 Å². The second-order valence-corrected chi connectivity index (χ2v) is 7.80. The summed E-state index contributed by atoms with van der Waals surface area (Å²) < 4.78 is 20.6. The topological polar surface area (TPSA) is 160 Å². The zero-order valence-electron chi connectivity index (χ0n) is 18.5. The molecule has 1 atom stereocenters. The van der Waals surface area contributed by atoms with Crippen molar-refractivity contribution in [3.8, 4) is 0 Å². The van der Waals surface area contributed by atoms with E-state index in [0.717, 1.165) is 34.7 Å². The number of rotatable bonds is 5. The van der Waals surface area contributed by atoms with Gasteiger partial charge in [-0.1, -0.05) is 29.8 Å². The van der Waals surface area contributed by atoms with Gasteiger partial charge >= 0.3 is 0 Å². The van der Waals surface area contributed by atoms with Gasteiger partial charge in [0.1, 0.15) is 0 Å². The van der Waals surface area contributed by atoms with E-state index in [9.17, 15) is 8.76 Å². The lowest BCUT2D eigenvalue weighted by Gasteiger charge is -2.12. The number of nitrogen functional groups attached to an aromatic ring is 1. The van der Waals surface area contributed by atoms with E-state index >= 15 is 0 Å². The molecule has 0 bridgehead atoms. The van der Waals surface area contributed by atoms with E-state index in [1.165, 1.54) is 5.56 Å². The first-order chi connectivity index (χ1) is 15.2. The molecular weight excluding hydrogens is 426 g/mol. The third kappa shape index (κ3) is 9.25. The van der Waals surface area contributed by atoms with Crippen molar-refractivity contribution in [2.24, 2.45) is 11.5 Å². The Morgan fingerprint density at radius 1 is 1.06 bits per heavy atom. The van der Waals surface area contributed by atoms with Crippen molar-refractivity contribution < 1.29 is 13.6 Å². The van der Waals surface area contributed by atoms with Crippen LogP contribution < -0.4 is 22.5 Å². The number of anilines is 3. The molecule has 1 amide bonds. The van der Waals surface area contributed by atoms with Gasteiger partial charge in [0.15, 0.2) is 0 Å². The predicted octanol–water partition coefficient (Wildman–Crippen LogP) is 2.86. The van der Waals surface area contributed by atoms with Gasteiger partial charge in [0.25, 0.3) is 0 Å².